The van der Waals surface area contributed by atoms with E-state index in [1.54, 1.807) is 53.4 Å². The summed E-state index contributed by atoms with van der Waals surface area (Å²) in [5, 5.41) is 0.462. The molecule has 0 saturated carbocycles. The van der Waals surface area contributed by atoms with E-state index in [1.165, 1.54) is 15.2 Å². The quantitative estimate of drug-likeness (QED) is 0.615. The zero-order valence-electron chi connectivity index (χ0n) is 17.3. The fourth-order valence-corrected chi connectivity index (χ4v) is 5.18. The summed E-state index contributed by atoms with van der Waals surface area (Å²) < 4.78 is 28.6. The highest BCUT2D eigenvalue weighted by Crippen LogP contribution is 2.18. The van der Waals surface area contributed by atoms with Crippen LogP contribution in [-0.2, 0) is 21.4 Å². The van der Waals surface area contributed by atoms with Crippen molar-refractivity contribution in [2.75, 3.05) is 26.2 Å². The highest BCUT2D eigenvalue weighted by Gasteiger charge is 2.28. The molecule has 31 heavy (non-hydrogen) atoms. The maximum absolute atomic E-state index is 13.0. The van der Waals surface area contributed by atoms with Gasteiger partial charge in [-0.1, -0.05) is 29.8 Å². The number of aromatic nitrogens is 2. The second-order valence-corrected chi connectivity index (χ2v) is 9.58. The third-order valence-electron chi connectivity index (χ3n) is 5.50. The molecule has 1 amide bonds. The van der Waals surface area contributed by atoms with Crippen LogP contribution in [0.5, 0.6) is 0 Å². The molecule has 1 saturated heterocycles. The van der Waals surface area contributed by atoms with Gasteiger partial charge in [-0.15, -0.1) is 0 Å². The summed E-state index contributed by atoms with van der Waals surface area (Å²) in [6.45, 7) is 3.06. The molecule has 4 rings (SSSR count). The Morgan fingerprint density at radius 1 is 1.00 bits per heavy atom. The van der Waals surface area contributed by atoms with Crippen LogP contribution in [-0.4, -0.2) is 59.3 Å². The molecule has 2 heterocycles. The van der Waals surface area contributed by atoms with Gasteiger partial charge >= 0.3 is 0 Å². The van der Waals surface area contributed by atoms with Crippen LogP contribution in [0, 0.1) is 6.92 Å². The van der Waals surface area contributed by atoms with Gasteiger partial charge in [-0.25, -0.2) is 13.4 Å². The predicted octanol–water partition coefficient (Wildman–Crippen LogP) is 1.63. The van der Waals surface area contributed by atoms with Crippen molar-refractivity contribution in [3.8, 4) is 0 Å². The number of hydrogen-bond donors (Lipinski definition) is 0. The van der Waals surface area contributed by atoms with Gasteiger partial charge in [-0.05, 0) is 37.6 Å². The smallest absolute Gasteiger partial charge is 0.261 e. The maximum atomic E-state index is 13.0. The van der Waals surface area contributed by atoms with E-state index in [0.29, 0.717) is 30.4 Å². The lowest BCUT2D eigenvalue weighted by Crippen LogP contribution is -2.40. The van der Waals surface area contributed by atoms with Crippen LogP contribution in [0.4, 0.5) is 0 Å². The minimum absolute atomic E-state index is 0.124. The van der Waals surface area contributed by atoms with Gasteiger partial charge in [0.15, 0.2) is 0 Å². The molecule has 8 nitrogen and oxygen atoms in total. The largest absolute Gasteiger partial charge is 0.340 e. The first kappa shape index (κ1) is 21.2. The normalized spacial score (nSPS) is 15.7. The molecule has 0 unspecified atom stereocenters. The van der Waals surface area contributed by atoms with E-state index in [4.69, 9.17) is 0 Å². The van der Waals surface area contributed by atoms with Crippen LogP contribution < -0.4 is 5.56 Å². The molecule has 0 N–H and O–H groups in total. The van der Waals surface area contributed by atoms with E-state index in [-0.39, 0.29) is 36.0 Å². The van der Waals surface area contributed by atoms with E-state index in [2.05, 4.69) is 4.98 Å². The summed E-state index contributed by atoms with van der Waals surface area (Å²) in [4.78, 5) is 31.6. The number of benzene rings is 2. The van der Waals surface area contributed by atoms with Gasteiger partial charge in [0.25, 0.3) is 5.56 Å². The van der Waals surface area contributed by atoms with Gasteiger partial charge in [0, 0.05) is 26.2 Å². The molecule has 0 radical (unpaired) electrons. The number of aryl methyl sites for hydroxylation is 1. The number of sulfonamides is 1. The van der Waals surface area contributed by atoms with Crippen molar-refractivity contribution in [3.05, 3.63) is 70.8 Å². The highest BCUT2D eigenvalue weighted by molar-refractivity contribution is 7.89. The van der Waals surface area contributed by atoms with Crippen molar-refractivity contribution < 1.29 is 13.2 Å². The summed E-state index contributed by atoms with van der Waals surface area (Å²) in [6.07, 6.45) is 1.91. The third-order valence-corrected chi connectivity index (χ3v) is 7.42. The van der Waals surface area contributed by atoms with Gasteiger partial charge < -0.3 is 4.90 Å². The second kappa shape index (κ2) is 8.60. The van der Waals surface area contributed by atoms with E-state index in [0.717, 1.165) is 5.56 Å². The first-order chi connectivity index (χ1) is 14.9. The fourth-order valence-electron chi connectivity index (χ4n) is 3.71. The molecule has 0 aliphatic carbocycles. The number of hydrogen-bond acceptors (Lipinski definition) is 5. The van der Waals surface area contributed by atoms with Crippen LogP contribution in [0.2, 0.25) is 0 Å². The van der Waals surface area contributed by atoms with Gasteiger partial charge in [-0.3, -0.25) is 14.2 Å². The maximum Gasteiger partial charge on any atom is 0.261 e. The molecule has 1 fully saturated rings. The average Bonchev–Trinajstić information content (AvgIpc) is 3.03. The Bertz CT molecular complexity index is 1270. The number of rotatable bonds is 4. The molecule has 9 heteroatoms. The third kappa shape index (κ3) is 4.38. The van der Waals surface area contributed by atoms with Crippen molar-refractivity contribution in [1.82, 2.24) is 18.8 Å². The molecule has 2 aromatic carbocycles. The zero-order chi connectivity index (χ0) is 22.0. The SMILES string of the molecule is Cc1ccc(S(=O)(=O)N2CCCN(C(=O)Cn3cnc4ccccc4c3=O)CC2)cc1. The highest BCUT2D eigenvalue weighted by atomic mass is 32.2. The molecule has 1 aliphatic heterocycles. The van der Waals surface area contributed by atoms with Crippen molar-refractivity contribution in [2.24, 2.45) is 0 Å². The molecule has 0 spiro atoms. The molecule has 1 aromatic heterocycles. The van der Waals surface area contributed by atoms with Crippen LogP contribution >= 0.6 is 0 Å². The molecule has 0 bridgehead atoms. The number of nitrogens with zero attached hydrogens (tertiary/aromatic N) is 4. The number of fused-ring (bicyclic) bond motifs is 1. The van der Waals surface area contributed by atoms with E-state index >= 15 is 0 Å². The lowest BCUT2D eigenvalue weighted by molar-refractivity contribution is -0.131. The Kier molecular flexibility index (Phi) is 5.88. The summed E-state index contributed by atoms with van der Waals surface area (Å²) in [5.41, 5.74) is 1.31. The Labute approximate surface area is 180 Å². The van der Waals surface area contributed by atoms with E-state index in [1.807, 2.05) is 6.92 Å². The van der Waals surface area contributed by atoms with Crippen LogP contribution in [0.15, 0.2) is 64.5 Å². The van der Waals surface area contributed by atoms with Gasteiger partial charge in [0.2, 0.25) is 15.9 Å². The Balaban J connectivity index is 1.46. The lowest BCUT2D eigenvalue weighted by atomic mass is 10.2. The van der Waals surface area contributed by atoms with E-state index < -0.39 is 10.0 Å². The van der Waals surface area contributed by atoms with Crippen molar-refractivity contribution in [3.63, 3.8) is 0 Å². The number of amides is 1. The Hall–Kier alpha value is -3.04. The molecule has 0 atom stereocenters. The van der Waals surface area contributed by atoms with Gasteiger partial charge in [0.1, 0.15) is 6.54 Å². The summed E-state index contributed by atoms with van der Waals surface area (Å²) in [5.74, 6) is -0.228. The Morgan fingerprint density at radius 3 is 2.52 bits per heavy atom. The lowest BCUT2D eigenvalue weighted by Gasteiger charge is -2.22. The second-order valence-electron chi connectivity index (χ2n) is 7.65. The minimum atomic E-state index is -3.61. The van der Waals surface area contributed by atoms with Crippen molar-refractivity contribution in [2.45, 2.75) is 24.8 Å². The molecular weight excluding hydrogens is 416 g/mol. The number of carbonyl (C=O) groups is 1. The first-order valence-corrected chi connectivity index (χ1v) is 11.6. The van der Waals surface area contributed by atoms with Crippen LogP contribution in [0.25, 0.3) is 10.9 Å². The molecular formula is C22H24N4O4S. The average molecular weight is 441 g/mol. The zero-order valence-corrected chi connectivity index (χ0v) is 18.1. The van der Waals surface area contributed by atoms with Crippen LogP contribution in [0.1, 0.15) is 12.0 Å². The molecule has 162 valence electrons. The summed E-state index contributed by atoms with van der Waals surface area (Å²) >= 11 is 0. The van der Waals surface area contributed by atoms with Gasteiger partial charge in [0.05, 0.1) is 22.1 Å². The van der Waals surface area contributed by atoms with Crippen molar-refractivity contribution in [1.29, 1.82) is 0 Å². The topological polar surface area (TPSA) is 92.6 Å². The summed E-state index contributed by atoms with van der Waals surface area (Å²) in [6, 6.07) is 13.8. The first-order valence-electron chi connectivity index (χ1n) is 10.1. The predicted molar refractivity (Wildman–Crippen MR) is 117 cm³/mol. The number of para-hydroxylation sites is 1. The minimum Gasteiger partial charge on any atom is -0.340 e. The Morgan fingerprint density at radius 2 is 1.74 bits per heavy atom. The monoisotopic (exact) mass is 440 g/mol. The fraction of sp³-hybridized carbons (Fsp3) is 0.318. The van der Waals surface area contributed by atoms with E-state index in [9.17, 15) is 18.0 Å². The number of carbonyl (C=O) groups excluding carboxylic acids is 1. The molecule has 3 aromatic rings. The standard InChI is InChI=1S/C22H24N4O4S/c1-17-7-9-18(10-8-17)31(29,30)26-12-4-11-24(13-14-26)21(27)15-25-16-23-20-6-3-2-5-19(20)22(25)28/h2-3,5-10,16H,4,11-15H2,1H3. The summed E-state index contributed by atoms with van der Waals surface area (Å²) in [7, 11) is -3.61. The van der Waals surface area contributed by atoms with Crippen molar-refractivity contribution >= 4 is 26.8 Å². The van der Waals surface area contributed by atoms with Gasteiger partial charge in [-0.2, -0.15) is 4.31 Å². The van der Waals surface area contributed by atoms with Crippen LogP contribution in [0.3, 0.4) is 0 Å². The molecule has 1 aliphatic rings.